The molecule has 0 unspecified atom stereocenters. The van der Waals surface area contributed by atoms with Gasteiger partial charge in [0.25, 0.3) is 0 Å². The number of methoxy groups -OCH3 is 1. The average molecular weight is 240 g/mol. The molecule has 0 N–H and O–H groups in total. The molecule has 0 aliphatic carbocycles. The Hall–Kier alpha value is -2.43. The minimum atomic E-state index is 0.526. The van der Waals surface area contributed by atoms with Crippen LogP contribution in [0.1, 0.15) is 5.56 Å². The largest absolute Gasteiger partial charge is 0.479 e. The molecule has 0 amide bonds. The lowest BCUT2D eigenvalue weighted by Gasteiger charge is -2.06. The summed E-state index contributed by atoms with van der Waals surface area (Å²) in [6.45, 7) is 2.06. The third-order valence-corrected chi connectivity index (χ3v) is 2.81. The molecule has 0 atom stereocenters. The number of hydrogen-bond donors (Lipinski definition) is 0. The topological polar surface area (TPSA) is 52.8 Å². The van der Waals surface area contributed by atoms with Crippen molar-refractivity contribution in [2.24, 2.45) is 0 Å². The number of fused-ring (bicyclic) bond motifs is 1. The van der Waals surface area contributed by atoms with Crippen molar-refractivity contribution < 1.29 is 4.74 Å². The number of benzene rings is 1. The van der Waals surface area contributed by atoms with Crippen LogP contribution in [0.15, 0.2) is 36.9 Å². The van der Waals surface area contributed by atoms with Crippen molar-refractivity contribution in [1.29, 1.82) is 0 Å². The summed E-state index contributed by atoms with van der Waals surface area (Å²) in [5, 5.41) is 0. The lowest BCUT2D eigenvalue weighted by atomic mass is 10.2. The molecule has 5 heteroatoms. The van der Waals surface area contributed by atoms with Gasteiger partial charge in [0.1, 0.15) is 12.7 Å². The van der Waals surface area contributed by atoms with Crippen molar-refractivity contribution in [1.82, 2.24) is 19.5 Å². The summed E-state index contributed by atoms with van der Waals surface area (Å²) in [5.41, 5.74) is 3.63. The first-order valence-electron chi connectivity index (χ1n) is 5.58. The summed E-state index contributed by atoms with van der Waals surface area (Å²) in [7, 11) is 1.59. The molecule has 3 aromatic rings. The molecule has 1 aromatic carbocycles. The van der Waals surface area contributed by atoms with Crippen LogP contribution in [0.2, 0.25) is 0 Å². The smallest absolute Gasteiger partial charge is 0.243 e. The van der Waals surface area contributed by atoms with Crippen molar-refractivity contribution in [2.45, 2.75) is 6.92 Å². The molecule has 2 aromatic heterocycles. The molecule has 3 rings (SSSR count). The van der Waals surface area contributed by atoms with Gasteiger partial charge >= 0.3 is 0 Å². The van der Waals surface area contributed by atoms with E-state index >= 15 is 0 Å². The quantitative estimate of drug-likeness (QED) is 0.688. The molecule has 0 aliphatic rings. The standard InChI is InChI=1S/C13H12N4O/c1-9-3-5-10(6-4-9)17-8-16-12-11(17)13(18-2)15-7-14-12/h3-8H,1-2H3. The Morgan fingerprint density at radius 2 is 1.83 bits per heavy atom. The van der Waals surface area contributed by atoms with Crippen molar-refractivity contribution in [2.75, 3.05) is 7.11 Å². The Kier molecular flexibility index (Phi) is 2.44. The second-order valence-corrected chi connectivity index (χ2v) is 4.01. The van der Waals surface area contributed by atoms with Crippen LogP contribution in [0.5, 0.6) is 5.88 Å². The van der Waals surface area contributed by atoms with E-state index in [4.69, 9.17) is 4.74 Å². The van der Waals surface area contributed by atoms with Gasteiger partial charge < -0.3 is 4.74 Å². The first-order chi connectivity index (χ1) is 8.79. The number of nitrogens with zero attached hydrogens (tertiary/aromatic N) is 4. The van der Waals surface area contributed by atoms with Crippen LogP contribution in [0.4, 0.5) is 0 Å². The van der Waals surface area contributed by atoms with E-state index in [1.165, 1.54) is 11.9 Å². The Morgan fingerprint density at radius 1 is 1.06 bits per heavy atom. The van der Waals surface area contributed by atoms with Crippen molar-refractivity contribution >= 4 is 11.2 Å². The molecule has 0 fully saturated rings. The Balaban J connectivity index is 2.26. The van der Waals surface area contributed by atoms with Crippen LogP contribution in [-0.2, 0) is 0 Å². The lowest BCUT2D eigenvalue weighted by molar-refractivity contribution is 0.401. The zero-order valence-corrected chi connectivity index (χ0v) is 10.2. The molecular formula is C13H12N4O. The molecule has 90 valence electrons. The van der Waals surface area contributed by atoms with E-state index in [1.807, 2.05) is 16.7 Å². The molecule has 2 heterocycles. The van der Waals surface area contributed by atoms with E-state index in [0.717, 1.165) is 11.2 Å². The van der Waals surface area contributed by atoms with Gasteiger partial charge in [0.2, 0.25) is 5.88 Å². The number of hydrogen-bond acceptors (Lipinski definition) is 4. The van der Waals surface area contributed by atoms with Gasteiger partial charge in [-0.1, -0.05) is 17.7 Å². The summed E-state index contributed by atoms with van der Waals surface area (Å²) >= 11 is 0. The highest BCUT2D eigenvalue weighted by atomic mass is 16.5. The van der Waals surface area contributed by atoms with Crippen molar-refractivity contribution in [3.8, 4) is 11.6 Å². The van der Waals surface area contributed by atoms with E-state index in [2.05, 4.69) is 34.0 Å². The van der Waals surface area contributed by atoms with Gasteiger partial charge in [-0.25, -0.2) is 9.97 Å². The highest BCUT2D eigenvalue weighted by Gasteiger charge is 2.11. The maximum Gasteiger partial charge on any atom is 0.243 e. The number of aryl methyl sites for hydroxylation is 1. The second-order valence-electron chi connectivity index (χ2n) is 4.01. The Morgan fingerprint density at radius 3 is 2.56 bits per heavy atom. The monoisotopic (exact) mass is 240 g/mol. The maximum atomic E-state index is 5.26. The normalized spacial score (nSPS) is 10.8. The fourth-order valence-electron chi connectivity index (χ4n) is 1.88. The summed E-state index contributed by atoms with van der Waals surface area (Å²) in [6.07, 6.45) is 3.18. The van der Waals surface area contributed by atoms with Gasteiger partial charge in [0, 0.05) is 5.69 Å². The van der Waals surface area contributed by atoms with Gasteiger partial charge in [-0.15, -0.1) is 0 Å². The maximum absolute atomic E-state index is 5.26. The lowest BCUT2D eigenvalue weighted by Crippen LogP contribution is -1.97. The van der Waals surface area contributed by atoms with Gasteiger partial charge in [-0.2, -0.15) is 4.98 Å². The molecule has 0 bridgehead atoms. The molecule has 0 saturated carbocycles. The number of aromatic nitrogens is 4. The zero-order chi connectivity index (χ0) is 12.5. The van der Waals surface area contributed by atoms with Crippen LogP contribution in [0, 0.1) is 6.92 Å². The van der Waals surface area contributed by atoms with E-state index in [1.54, 1.807) is 13.4 Å². The van der Waals surface area contributed by atoms with E-state index < -0.39 is 0 Å². The molecule has 0 saturated heterocycles. The number of rotatable bonds is 2. The fraction of sp³-hybridized carbons (Fsp3) is 0.154. The molecule has 0 radical (unpaired) electrons. The summed E-state index contributed by atoms with van der Waals surface area (Å²) in [6, 6.07) is 8.17. The third kappa shape index (κ3) is 1.60. The van der Waals surface area contributed by atoms with Crippen LogP contribution in [0.3, 0.4) is 0 Å². The Bertz CT molecular complexity index is 688. The third-order valence-electron chi connectivity index (χ3n) is 2.81. The molecule has 18 heavy (non-hydrogen) atoms. The van der Waals surface area contributed by atoms with E-state index in [9.17, 15) is 0 Å². The molecular weight excluding hydrogens is 228 g/mol. The van der Waals surface area contributed by atoms with Gasteiger partial charge in [0.15, 0.2) is 11.2 Å². The van der Waals surface area contributed by atoms with E-state index in [0.29, 0.717) is 11.5 Å². The molecule has 0 aliphatic heterocycles. The van der Waals surface area contributed by atoms with Crippen LogP contribution >= 0.6 is 0 Å². The first-order valence-corrected chi connectivity index (χ1v) is 5.58. The molecule has 0 spiro atoms. The fourth-order valence-corrected chi connectivity index (χ4v) is 1.88. The highest BCUT2D eigenvalue weighted by Crippen LogP contribution is 2.23. The summed E-state index contributed by atoms with van der Waals surface area (Å²) in [4.78, 5) is 12.5. The predicted octanol–water partition coefficient (Wildman–Crippen LogP) is 2.13. The highest BCUT2D eigenvalue weighted by molar-refractivity contribution is 5.78. The molecule has 5 nitrogen and oxygen atoms in total. The minimum absolute atomic E-state index is 0.526. The predicted molar refractivity (Wildman–Crippen MR) is 67.9 cm³/mol. The zero-order valence-electron chi connectivity index (χ0n) is 10.2. The van der Waals surface area contributed by atoms with E-state index in [-0.39, 0.29) is 0 Å². The average Bonchev–Trinajstić information content (AvgIpc) is 2.83. The number of imidazole rings is 1. The Labute approximate surface area is 104 Å². The number of ether oxygens (including phenoxy) is 1. The van der Waals surface area contributed by atoms with Crippen LogP contribution < -0.4 is 4.74 Å². The van der Waals surface area contributed by atoms with Gasteiger partial charge in [-0.05, 0) is 19.1 Å². The van der Waals surface area contributed by atoms with Crippen LogP contribution in [0.25, 0.3) is 16.9 Å². The minimum Gasteiger partial charge on any atom is -0.479 e. The van der Waals surface area contributed by atoms with Gasteiger partial charge in [0.05, 0.1) is 7.11 Å². The second kappa shape index (κ2) is 4.10. The van der Waals surface area contributed by atoms with Crippen LogP contribution in [-0.4, -0.2) is 26.6 Å². The summed E-state index contributed by atoms with van der Waals surface area (Å²) in [5.74, 6) is 0.526. The van der Waals surface area contributed by atoms with Crippen molar-refractivity contribution in [3.05, 3.63) is 42.5 Å². The summed E-state index contributed by atoms with van der Waals surface area (Å²) < 4.78 is 7.18. The van der Waals surface area contributed by atoms with Crippen molar-refractivity contribution in [3.63, 3.8) is 0 Å². The SMILES string of the molecule is COc1ncnc2ncn(-c3ccc(C)cc3)c12. The first kappa shape index (κ1) is 10.7. The van der Waals surface area contributed by atoms with Gasteiger partial charge in [-0.3, -0.25) is 4.57 Å².